The summed E-state index contributed by atoms with van der Waals surface area (Å²) in [7, 11) is 3.59. The number of nitrogens with one attached hydrogen (secondary N) is 2. The second-order valence-electron chi connectivity index (χ2n) is 7.66. The smallest absolute Gasteiger partial charge is 0.242 e. The Balaban J connectivity index is 1.87. The molecule has 0 aliphatic rings. The van der Waals surface area contributed by atoms with Crippen LogP contribution in [0.5, 0.6) is 5.75 Å². The summed E-state index contributed by atoms with van der Waals surface area (Å²) in [6.07, 6.45) is 3.53. The van der Waals surface area contributed by atoms with Gasteiger partial charge in [0.15, 0.2) is 0 Å². The molecule has 6 heteroatoms. The van der Waals surface area contributed by atoms with Gasteiger partial charge in [0.25, 0.3) is 0 Å². The van der Waals surface area contributed by atoms with Gasteiger partial charge in [-0.2, -0.15) is 5.10 Å². The fraction of sp³-hybridized carbons (Fsp3) is 0.500. The lowest BCUT2D eigenvalue weighted by molar-refractivity contribution is -0.124. The Morgan fingerprint density at radius 3 is 2.42 bits per heavy atom. The van der Waals surface area contributed by atoms with E-state index in [1.165, 1.54) is 5.56 Å². The molecule has 1 aromatic carbocycles. The minimum absolute atomic E-state index is 0.0975. The maximum absolute atomic E-state index is 12.5. The summed E-state index contributed by atoms with van der Waals surface area (Å²) in [5, 5.41) is 10.1. The topological polar surface area (TPSA) is 68.2 Å². The molecular formula is C20H30N4O2. The number of benzene rings is 1. The van der Waals surface area contributed by atoms with Crippen molar-refractivity contribution in [3.05, 3.63) is 47.8 Å². The van der Waals surface area contributed by atoms with E-state index < -0.39 is 6.04 Å². The fourth-order valence-corrected chi connectivity index (χ4v) is 2.68. The number of amides is 1. The summed E-state index contributed by atoms with van der Waals surface area (Å²) in [6.45, 7) is 8.88. The van der Waals surface area contributed by atoms with Gasteiger partial charge in [-0.05, 0) is 37.1 Å². The van der Waals surface area contributed by atoms with Crippen LogP contribution in [0.25, 0.3) is 0 Å². The second-order valence-corrected chi connectivity index (χ2v) is 7.66. The van der Waals surface area contributed by atoms with E-state index in [0.29, 0.717) is 6.61 Å². The van der Waals surface area contributed by atoms with Crippen LogP contribution in [-0.4, -0.2) is 35.4 Å². The van der Waals surface area contributed by atoms with Gasteiger partial charge in [-0.3, -0.25) is 9.48 Å². The van der Waals surface area contributed by atoms with E-state index in [1.54, 1.807) is 17.9 Å². The molecule has 0 radical (unpaired) electrons. The highest BCUT2D eigenvalue weighted by Crippen LogP contribution is 2.24. The molecule has 2 rings (SSSR count). The number of aromatic nitrogens is 2. The highest BCUT2D eigenvalue weighted by atomic mass is 16.5. The van der Waals surface area contributed by atoms with E-state index in [-0.39, 0.29) is 17.4 Å². The predicted octanol–water partition coefficient (Wildman–Crippen LogP) is 2.56. The van der Waals surface area contributed by atoms with Crippen LogP contribution in [0.4, 0.5) is 0 Å². The minimum Gasteiger partial charge on any atom is -0.491 e. The Bertz CT molecular complexity index is 716. The zero-order chi connectivity index (χ0) is 19.3. The lowest BCUT2D eigenvalue weighted by Crippen LogP contribution is -2.42. The number of carbonyl (C=O) groups is 1. The summed E-state index contributed by atoms with van der Waals surface area (Å²) < 4.78 is 7.49. The van der Waals surface area contributed by atoms with E-state index in [9.17, 15) is 4.79 Å². The van der Waals surface area contributed by atoms with Crippen LogP contribution in [-0.2, 0) is 17.3 Å². The van der Waals surface area contributed by atoms with E-state index in [1.807, 2.05) is 32.3 Å². The molecule has 0 saturated heterocycles. The molecule has 1 heterocycles. The van der Waals surface area contributed by atoms with Gasteiger partial charge in [0.1, 0.15) is 18.4 Å². The molecule has 0 spiro atoms. The van der Waals surface area contributed by atoms with Gasteiger partial charge >= 0.3 is 0 Å². The first-order valence-electron chi connectivity index (χ1n) is 8.90. The summed E-state index contributed by atoms with van der Waals surface area (Å²) in [6, 6.07) is 7.56. The largest absolute Gasteiger partial charge is 0.491 e. The molecule has 0 aliphatic carbocycles. The lowest BCUT2D eigenvalue weighted by atomic mass is 9.87. The highest BCUT2D eigenvalue weighted by Gasteiger charge is 2.21. The van der Waals surface area contributed by atoms with Gasteiger partial charge in [0.05, 0.1) is 12.2 Å². The lowest BCUT2D eigenvalue weighted by Gasteiger charge is -2.21. The maximum Gasteiger partial charge on any atom is 0.242 e. The standard InChI is InChI=1S/C20H30N4O2/c1-14(13-26-17-9-7-16(8-10-17)20(2,3)4)23-19(25)18(21-5)15-11-22-24(6)12-15/h7-12,14,18,21H,13H2,1-6H3,(H,23,25). The molecule has 2 atom stereocenters. The Morgan fingerprint density at radius 1 is 1.27 bits per heavy atom. The number of hydrogen-bond donors (Lipinski definition) is 2. The third-order valence-electron chi connectivity index (χ3n) is 4.22. The van der Waals surface area contributed by atoms with Crippen LogP contribution in [0.3, 0.4) is 0 Å². The number of carbonyl (C=O) groups excluding carboxylic acids is 1. The van der Waals surface area contributed by atoms with Gasteiger partial charge < -0.3 is 15.4 Å². The third kappa shape index (κ3) is 5.33. The highest BCUT2D eigenvalue weighted by molar-refractivity contribution is 5.83. The number of ether oxygens (including phenoxy) is 1. The van der Waals surface area contributed by atoms with Crippen molar-refractivity contribution in [3.63, 3.8) is 0 Å². The summed E-state index contributed by atoms with van der Waals surface area (Å²) in [5.41, 5.74) is 2.21. The van der Waals surface area contributed by atoms with Gasteiger partial charge in [0.2, 0.25) is 5.91 Å². The second kappa shape index (κ2) is 8.36. The molecule has 0 bridgehead atoms. The normalized spacial score (nSPS) is 13.9. The van der Waals surface area contributed by atoms with E-state index in [4.69, 9.17) is 4.74 Å². The minimum atomic E-state index is -0.433. The van der Waals surface area contributed by atoms with Crippen LogP contribution in [0.2, 0.25) is 0 Å². The van der Waals surface area contributed by atoms with E-state index in [0.717, 1.165) is 11.3 Å². The van der Waals surface area contributed by atoms with Crippen LogP contribution in [0.1, 0.15) is 44.9 Å². The van der Waals surface area contributed by atoms with Gasteiger partial charge in [-0.25, -0.2) is 0 Å². The molecular weight excluding hydrogens is 328 g/mol. The molecule has 2 unspecified atom stereocenters. The Hall–Kier alpha value is -2.34. The van der Waals surface area contributed by atoms with Crippen molar-refractivity contribution in [2.75, 3.05) is 13.7 Å². The number of likely N-dealkylation sites (N-methyl/N-ethyl adjacent to an activating group) is 1. The van der Waals surface area contributed by atoms with Crippen LogP contribution >= 0.6 is 0 Å². The van der Waals surface area contributed by atoms with Gasteiger partial charge in [0, 0.05) is 18.8 Å². The quantitative estimate of drug-likeness (QED) is 0.798. The van der Waals surface area contributed by atoms with Crippen LogP contribution < -0.4 is 15.4 Å². The monoisotopic (exact) mass is 358 g/mol. The number of hydrogen-bond acceptors (Lipinski definition) is 4. The first kappa shape index (κ1) is 20.0. The Morgan fingerprint density at radius 2 is 1.92 bits per heavy atom. The molecule has 1 amide bonds. The molecule has 6 nitrogen and oxygen atoms in total. The number of nitrogens with zero attached hydrogens (tertiary/aromatic N) is 2. The van der Waals surface area contributed by atoms with Crippen LogP contribution in [0.15, 0.2) is 36.7 Å². The summed E-state index contributed by atoms with van der Waals surface area (Å²) in [4.78, 5) is 12.5. The molecule has 0 fully saturated rings. The van der Waals surface area contributed by atoms with Crippen molar-refractivity contribution in [1.29, 1.82) is 0 Å². The average Bonchev–Trinajstić information content (AvgIpc) is 2.99. The SMILES string of the molecule is CNC(C(=O)NC(C)COc1ccc(C(C)(C)C)cc1)c1cnn(C)c1. The van der Waals surface area contributed by atoms with Crippen molar-refractivity contribution in [3.8, 4) is 5.75 Å². The molecule has 2 N–H and O–H groups in total. The van der Waals surface area contributed by atoms with Crippen molar-refractivity contribution >= 4 is 5.91 Å². The summed E-state index contributed by atoms with van der Waals surface area (Å²) in [5.74, 6) is 0.705. The molecule has 1 aromatic heterocycles. The third-order valence-corrected chi connectivity index (χ3v) is 4.22. The first-order chi connectivity index (χ1) is 12.2. The van der Waals surface area contributed by atoms with Gasteiger partial charge in [-0.1, -0.05) is 32.9 Å². The van der Waals surface area contributed by atoms with Crippen LogP contribution in [0, 0.1) is 0 Å². The number of aryl methyl sites for hydroxylation is 1. The summed E-state index contributed by atoms with van der Waals surface area (Å²) >= 11 is 0. The molecule has 26 heavy (non-hydrogen) atoms. The predicted molar refractivity (Wildman–Crippen MR) is 103 cm³/mol. The molecule has 2 aromatic rings. The van der Waals surface area contributed by atoms with Crippen molar-refractivity contribution in [1.82, 2.24) is 20.4 Å². The average molecular weight is 358 g/mol. The Kier molecular flexibility index (Phi) is 6.42. The molecule has 142 valence electrons. The fourth-order valence-electron chi connectivity index (χ4n) is 2.68. The van der Waals surface area contributed by atoms with Crippen molar-refractivity contribution in [2.24, 2.45) is 7.05 Å². The Labute approximate surface area is 155 Å². The first-order valence-corrected chi connectivity index (χ1v) is 8.90. The van der Waals surface area contributed by atoms with Crippen molar-refractivity contribution in [2.45, 2.75) is 45.2 Å². The van der Waals surface area contributed by atoms with Crippen molar-refractivity contribution < 1.29 is 9.53 Å². The van der Waals surface area contributed by atoms with E-state index in [2.05, 4.69) is 48.6 Å². The zero-order valence-electron chi connectivity index (χ0n) is 16.5. The maximum atomic E-state index is 12.5. The zero-order valence-corrected chi connectivity index (χ0v) is 16.5. The van der Waals surface area contributed by atoms with E-state index >= 15 is 0 Å². The molecule has 0 aliphatic heterocycles. The molecule has 0 saturated carbocycles. The number of rotatable bonds is 7. The van der Waals surface area contributed by atoms with Gasteiger partial charge in [-0.15, -0.1) is 0 Å².